The number of hydrogen-bond acceptors (Lipinski definition) is 3. The minimum absolute atomic E-state index is 0.312. The molecule has 0 aromatic carbocycles. The number of nitrogens with zero attached hydrogens (tertiary/aromatic N) is 2. The van der Waals surface area contributed by atoms with Gasteiger partial charge in [0.15, 0.2) is 0 Å². The Labute approximate surface area is 84.3 Å². The molecule has 0 saturated carbocycles. The average molecular weight is 195 g/mol. The fraction of sp³-hybridized carbons (Fsp3) is 0.700. The molecule has 1 aromatic rings. The first-order valence-electron chi connectivity index (χ1n) is 5.10. The zero-order chi connectivity index (χ0) is 9.97. The molecule has 0 aliphatic carbocycles. The third-order valence-corrected chi connectivity index (χ3v) is 2.73. The number of hydrogen-bond donors (Lipinski definition) is 1. The van der Waals surface area contributed by atoms with Crippen molar-refractivity contribution < 1.29 is 4.74 Å². The van der Waals surface area contributed by atoms with E-state index in [-0.39, 0.29) is 0 Å². The van der Waals surface area contributed by atoms with Crippen molar-refractivity contribution >= 4 is 0 Å². The van der Waals surface area contributed by atoms with Crippen molar-refractivity contribution in [3.05, 3.63) is 18.2 Å². The van der Waals surface area contributed by atoms with Gasteiger partial charge in [-0.05, 0) is 20.4 Å². The first-order valence-corrected chi connectivity index (χ1v) is 5.10. The lowest BCUT2D eigenvalue weighted by Crippen LogP contribution is -2.15. The molecule has 1 fully saturated rings. The number of aromatic nitrogens is 2. The molecule has 0 spiro atoms. The molecular weight excluding hydrogens is 178 g/mol. The van der Waals surface area contributed by atoms with E-state index in [0.717, 1.165) is 25.3 Å². The van der Waals surface area contributed by atoms with Gasteiger partial charge in [0, 0.05) is 19.3 Å². The van der Waals surface area contributed by atoms with Crippen LogP contribution in [0.5, 0.6) is 0 Å². The summed E-state index contributed by atoms with van der Waals surface area (Å²) in [6.45, 7) is 3.82. The molecule has 0 bridgehead atoms. The van der Waals surface area contributed by atoms with Crippen LogP contribution in [0.2, 0.25) is 0 Å². The van der Waals surface area contributed by atoms with Crippen LogP contribution in [-0.4, -0.2) is 29.3 Å². The van der Waals surface area contributed by atoms with Gasteiger partial charge in [-0.2, -0.15) is 0 Å². The Bertz CT molecular complexity index is 297. The number of nitrogens with one attached hydrogen (secondary N) is 1. The van der Waals surface area contributed by atoms with Gasteiger partial charge in [-0.15, -0.1) is 0 Å². The Morgan fingerprint density at radius 3 is 3.21 bits per heavy atom. The Balaban J connectivity index is 2.08. The predicted octanol–water partition coefficient (Wildman–Crippen LogP) is 0.952. The molecule has 14 heavy (non-hydrogen) atoms. The Morgan fingerprint density at radius 2 is 2.57 bits per heavy atom. The fourth-order valence-electron chi connectivity index (χ4n) is 1.95. The van der Waals surface area contributed by atoms with Crippen molar-refractivity contribution in [2.45, 2.75) is 32.0 Å². The Morgan fingerprint density at radius 1 is 1.71 bits per heavy atom. The van der Waals surface area contributed by atoms with Crippen molar-refractivity contribution in [2.75, 3.05) is 13.7 Å². The van der Waals surface area contributed by atoms with E-state index in [1.807, 2.05) is 13.4 Å². The summed E-state index contributed by atoms with van der Waals surface area (Å²) in [4.78, 5) is 4.33. The van der Waals surface area contributed by atoms with E-state index >= 15 is 0 Å². The van der Waals surface area contributed by atoms with Gasteiger partial charge in [-0.1, -0.05) is 0 Å². The zero-order valence-electron chi connectivity index (χ0n) is 8.73. The Kier molecular flexibility index (Phi) is 2.84. The largest absolute Gasteiger partial charge is 0.376 e. The van der Waals surface area contributed by atoms with Crippen LogP contribution in [0.15, 0.2) is 12.5 Å². The summed E-state index contributed by atoms with van der Waals surface area (Å²) in [7, 11) is 1.93. The maximum atomic E-state index is 5.52. The van der Waals surface area contributed by atoms with Crippen molar-refractivity contribution in [2.24, 2.45) is 0 Å². The van der Waals surface area contributed by atoms with Crippen LogP contribution < -0.4 is 5.32 Å². The van der Waals surface area contributed by atoms with Crippen molar-refractivity contribution in [1.29, 1.82) is 0 Å². The lowest BCUT2D eigenvalue weighted by Gasteiger charge is -2.14. The molecular formula is C10H17N3O. The molecule has 2 rings (SSSR count). The fourth-order valence-corrected chi connectivity index (χ4v) is 1.95. The molecule has 0 amide bonds. The highest BCUT2D eigenvalue weighted by atomic mass is 16.5. The van der Waals surface area contributed by atoms with Crippen LogP contribution >= 0.6 is 0 Å². The normalized spacial score (nSPS) is 27.0. The van der Waals surface area contributed by atoms with Gasteiger partial charge in [0.2, 0.25) is 0 Å². The highest BCUT2D eigenvalue weighted by molar-refractivity contribution is 4.99. The zero-order valence-corrected chi connectivity index (χ0v) is 8.73. The summed E-state index contributed by atoms with van der Waals surface area (Å²) in [5.41, 5.74) is 1.09. The summed E-state index contributed by atoms with van der Waals surface area (Å²) in [5, 5.41) is 3.09. The third-order valence-electron chi connectivity index (χ3n) is 2.73. The molecule has 1 aromatic heterocycles. The van der Waals surface area contributed by atoms with E-state index in [1.165, 1.54) is 0 Å². The minimum atomic E-state index is 0.312. The van der Waals surface area contributed by atoms with Crippen LogP contribution in [0.4, 0.5) is 0 Å². The third kappa shape index (κ3) is 1.81. The van der Waals surface area contributed by atoms with Crippen LogP contribution in [-0.2, 0) is 11.3 Å². The standard InChI is InChI=1S/C10H17N3O/c1-8-10(3-4-14-8)13-6-9(5-11-2)12-7-13/h6-8,10-11H,3-5H2,1-2H3. The van der Waals surface area contributed by atoms with E-state index in [4.69, 9.17) is 4.74 Å². The van der Waals surface area contributed by atoms with E-state index < -0.39 is 0 Å². The first kappa shape index (κ1) is 9.68. The summed E-state index contributed by atoms with van der Waals surface area (Å²) < 4.78 is 7.70. The van der Waals surface area contributed by atoms with E-state index in [9.17, 15) is 0 Å². The second kappa shape index (κ2) is 4.11. The van der Waals surface area contributed by atoms with Crippen LogP contribution in [0.1, 0.15) is 25.1 Å². The van der Waals surface area contributed by atoms with Gasteiger partial charge >= 0.3 is 0 Å². The van der Waals surface area contributed by atoms with E-state index in [2.05, 4.69) is 28.0 Å². The van der Waals surface area contributed by atoms with E-state index in [0.29, 0.717) is 12.1 Å². The maximum absolute atomic E-state index is 5.52. The molecule has 1 aliphatic rings. The molecule has 1 N–H and O–H groups in total. The second-order valence-corrected chi connectivity index (χ2v) is 3.77. The molecule has 4 heteroatoms. The molecule has 2 atom stereocenters. The first-order chi connectivity index (χ1) is 6.81. The van der Waals surface area contributed by atoms with Gasteiger partial charge in [0.1, 0.15) is 0 Å². The van der Waals surface area contributed by atoms with Crippen molar-refractivity contribution in [3.63, 3.8) is 0 Å². The summed E-state index contributed by atoms with van der Waals surface area (Å²) in [6, 6.07) is 0.466. The number of imidazole rings is 1. The quantitative estimate of drug-likeness (QED) is 0.780. The molecule has 78 valence electrons. The lowest BCUT2D eigenvalue weighted by molar-refractivity contribution is 0.107. The van der Waals surface area contributed by atoms with E-state index in [1.54, 1.807) is 0 Å². The topological polar surface area (TPSA) is 39.1 Å². The molecule has 1 saturated heterocycles. The molecule has 2 heterocycles. The Hall–Kier alpha value is -0.870. The summed E-state index contributed by atoms with van der Waals surface area (Å²) in [6.07, 6.45) is 5.41. The van der Waals surface area contributed by atoms with Gasteiger partial charge in [0.25, 0.3) is 0 Å². The second-order valence-electron chi connectivity index (χ2n) is 3.77. The monoisotopic (exact) mass is 195 g/mol. The molecule has 0 radical (unpaired) electrons. The predicted molar refractivity (Wildman–Crippen MR) is 54.1 cm³/mol. The highest BCUT2D eigenvalue weighted by Gasteiger charge is 2.25. The van der Waals surface area contributed by atoms with Gasteiger partial charge in [-0.3, -0.25) is 0 Å². The van der Waals surface area contributed by atoms with Gasteiger partial charge < -0.3 is 14.6 Å². The molecule has 4 nitrogen and oxygen atoms in total. The molecule has 2 unspecified atom stereocenters. The molecule has 1 aliphatic heterocycles. The maximum Gasteiger partial charge on any atom is 0.0953 e. The highest BCUT2D eigenvalue weighted by Crippen LogP contribution is 2.25. The van der Waals surface area contributed by atoms with Crippen LogP contribution in [0, 0.1) is 0 Å². The van der Waals surface area contributed by atoms with Crippen molar-refractivity contribution in [1.82, 2.24) is 14.9 Å². The number of rotatable bonds is 3. The average Bonchev–Trinajstić information content (AvgIpc) is 2.74. The van der Waals surface area contributed by atoms with Crippen molar-refractivity contribution in [3.8, 4) is 0 Å². The minimum Gasteiger partial charge on any atom is -0.376 e. The number of ether oxygens (including phenoxy) is 1. The van der Waals surface area contributed by atoms with Crippen LogP contribution in [0.3, 0.4) is 0 Å². The lowest BCUT2D eigenvalue weighted by atomic mass is 10.1. The smallest absolute Gasteiger partial charge is 0.0953 e. The summed E-state index contributed by atoms with van der Waals surface area (Å²) in [5.74, 6) is 0. The SMILES string of the molecule is CNCc1cn(C2CCOC2C)cn1. The van der Waals surface area contributed by atoms with Gasteiger partial charge in [0.05, 0.1) is 24.2 Å². The van der Waals surface area contributed by atoms with Gasteiger partial charge in [-0.25, -0.2) is 4.98 Å². The van der Waals surface area contributed by atoms with Crippen LogP contribution in [0.25, 0.3) is 0 Å². The summed E-state index contributed by atoms with van der Waals surface area (Å²) >= 11 is 0.